The van der Waals surface area contributed by atoms with E-state index in [0.29, 0.717) is 11.7 Å². The maximum Gasteiger partial charge on any atom is 0.320 e. The first kappa shape index (κ1) is 15.8. The molecule has 0 saturated carbocycles. The van der Waals surface area contributed by atoms with Crippen LogP contribution in [0.25, 0.3) is 0 Å². The molecule has 0 aromatic rings. The van der Waals surface area contributed by atoms with E-state index in [-0.39, 0.29) is 11.8 Å². The Morgan fingerprint density at radius 1 is 1.71 bits per heavy atom. The van der Waals surface area contributed by atoms with E-state index in [0.717, 1.165) is 6.42 Å². The number of thiocarbonyl (C=S) groups is 1. The molecule has 4 N–H and O–H groups in total. The Labute approximate surface area is 106 Å². The van der Waals surface area contributed by atoms with Gasteiger partial charge in [-0.25, -0.2) is 0 Å². The van der Waals surface area contributed by atoms with E-state index >= 15 is 0 Å². The third-order valence-electron chi connectivity index (χ3n) is 2.52. The molecule has 6 nitrogen and oxygen atoms in total. The zero-order chi connectivity index (χ0) is 13.6. The summed E-state index contributed by atoms with van der Waals surface area (Å²) < 4.78 is 0. The van der Waals surface area contributed by atoms with Crippen LogP contribution < -0.4 is 11.1 Å². The van der Waals surface area contributed by atoms with E-state index in [1.165, 1.54) is 0 Å². The number of nitrogens with zero attached hydrogens (tertiary/aromatic N) is 1. The SMILES string of the molecule is CCC(C)C(N)C(=O)O.CN1CC(=O)NC1=S. The summed E-state index contributed by atoms with van der Waals surface area (Å²) in [5.41, 5.74) is 5.27. The number of nitrogens with one attached hydrogen (secondary N) is 1. The van der Waals surface area contributed by atoms with Crippen molar-refractivity contribution in [1.29, 1.82) is 0 Å². The Balaban J connectivity index is 0.000000302. The van der Waals surface area contributed by atoms with Gasteiger partial charge in [0.25, 0.3) is 0 Å². The van der Waals surface area contributed by atoms with Crippen LogP contribution in [0, 0.1) is 5.92 Å². The molecule has 0 aliphatic carbocycles. The highest BCUT2D eigenvalue weighted by Gasteiger charge is 2.18. The van der Waals surface area contributed by atoms with Crippen LogP contribution in [0.1, 0.15) is 20.3 Å². The van der Waals surface area contributed by atoms with Crippen molar-refractivity contribution < 1.29 is 14.7 Å². The predicted octanol–water partition coefficient (Wildman–Crippen LogP) is -0.223. The van der Waals surface area contributed by atoms with Crippen molar-refractivity contribution in [3.8, 4) is 0 Å². The molecule has 17 heavy (non-hydrogen) atoms. The van der Waals surface area contributed by atoms with Crippen LogP contribution in [0.4, 0.5) is 0 Å². The molecule has 0 aromatic heterocycles. The predicted molar refractivity (Wildman–Crippen MR) is 68.4 cm³/mol. The van der Waals surface area contributed by atoms with Crippen molar-refractivity contribution in [3.05, 3.63) is 0 Å². The number of carboxylic acid groups (broad SMARTS) is 1. The van der Waals surface area contributed by atoms with Crippen molar-refractivity contribution >= 4 is 29.2 Å². The minimum Gasteiger partial charge on any atom is -0.480 e. The summed E-state index contributed by atoms with van der Waals surface area (Å²) in [6, 6.07) is -0.699. The average molecular weight is 261 g/mol. The summed E-state index contributed by atoms with van der Waals surface area (Å²) >= 11 is 4.71. The number of carbonyl (C=O) groups is 2. The zero-order valence-corrected chi connectivity index (χ0v) is 11.1. The second-order valence-electron chi connectivity index (χ2n) is 3.96. The Bertz CT molecular complexity index is 309. The number of carboxylic acids is 1. The van der Waals surface area contributed by atoms with Gasteiger partial charge in [0.1, 0.15) is 6.04 Å². The number of hydrogen-bond donors (Lipinski definition) is 3. The van der Waals surface area contributed by atoms with Gasteiger partial charge in [0.05, 0.1) is 6.54 Å². The van der Waals surface area contributed by atoms with Crippen molar-refractivity contribution in [2.24, 2.45) is 11.7 Å². The molecule has 1 fully saturated rings. The van der Waals surface area contributed by atoms with Crippen LogP contribution in [-0.2, 0) is 9.59 Å². The normalized spacial score (nSPS) is 18.0. The summed E-state index contributed by atoms with van der Waals surface area (Å²) in [5, 5.41) is 11.4. The van der Waals surface area contributed by atoms with Crippen LogP contribution in [0.2, 0.25) is 0 Å². The molecule has 1 aliphatic heterocycles. The Morgan fingerprint density at radius 3 is 2.35 bits per heavy atom. The molecule has 0 spiro atoms. The molecule has 2 unspecified atom stereocenters. The van der Waals surface area contributed by atoms with E-state index in [1.54, 1.807) is 11.9 Å². The topological polar surface area (TPSA) is 95.7 Å². The van der Waals surface area contributed by atoms with Gasteiger partial charge in [0.15, 0.2) is 5.11 Å². The molecule has 1 amide bonds. The third kappa shape index (κ3) is 5.60. The first-order valence-corrected chi connectivity index (χ1v) is 5.73. The number of likely N-dealkylation sites (N-methyl/N-ethyl adjacent to an activating group) is 1. The van der Waals surface area contributed by atoms with Gasteiger partial charge in [-0.2, -0.15) is 0 Å². The van der Waals surface area contributed by atoms with E-state index in [1.807, 2.05) is 13.8 Å². The third-order valence-corrected chi connectivity index (χ3v) is 2.93. The first-order chi connectivity index (χ1) is 7.79. The van der Waals surface area contributed by atoms with Crippen molar-refractivity contribution in [3.63, 3.8) is 0 Å². The molecule has 0 radical (unpaired) electrons. The highest BCUT2D eigenvalue weighted by atomic mass is 32.1. The molecule has 2 atom stereocenters. The molecule has 98 valence electrons. The molecule has 0 bridgehead atoms. The fourth-order valence-electron chi connectivity index (χ4n) is 1.04. The number of rotatable bonds is 3. The highest BCUT2D eigenvalue weighted by Crippen LogP contribution is 2.04. The molecule has 0 aromatic carbocycles. The monoisotopic (exact) mass is 261 g/mol. The Hall–Kier alpha value is -1.21. The Kier molecular flexibility index (Phi) is 6.67. The van der Waals surface area contributed by atoms with Crippen LogP contribution in [0.15, 0.2) is 0 Å². The summed E-state index contributed by atoms with van der Waals surface area (Å²) in [4.78, 5) is 22.3. The van der Waals surface area contributed by atoms with Crippen LogP contribution in [0.3, 0.4) is 0 Å². The van der Waals surface area contributed by atoms with Gasteiger partial charge >= 0.3 is 5.97 Å². The molecule has 1 aliphatic rings. The minimum atomic E-state index is -0.913. The lowest BCUT2D eigenvalue weighted by atomic mass is 10.0. The van der Waals surface area contributed by atoms with Gasteiger partial charge in [0, 0.05) is 7.05 Å². The van der Waals surface area contributed by atoms with Gasteiger partial charge < -0.3 is 21.1 Å². The van der Waals surface area contributed by atoms with E-state index < -0.39 is 12.0 Å². The largest absolute Gasteiger partial charge is 0.480 e. The summed E-state index contributed by atoms with van der Waals surface area (Å²) in [6.45, 7) is 4.16. The van der Waals surface area contributed by atoms with Gasteiger partial charge in [-0.3, -0.25) is 9.59 Å². The van der Waals surface area contributed by atoms with Crippen molar-refractivity contribution in [2.75, 3.05) is 13.6 Å². The summed E-state index contributed by atoms with van der Waals surface area (Å²) in [5.74, 6) is -0.857. The summed E-state index contributed by atoms with van der Waals surface area (Å²) in [6.07, 6.45) is 0.813. The smallest absolute Gasteiger partial charge is 0.320 e. The van der Waals surface area contributed by atoms with Gasteiger partial charge in [-0.15, -0.1) is 0 Å². The van der Waals surface area contributed by atoms with Crippen LogP contribution >= 0.6 is 12.2 Å². The fourth-order valence-corrected chi connectivity index (χ4v) is 1.22. The molecule has 1 saturated heterocycles. The van der Waals surface area contributed by atoms with Gasteiger partial charge in [0.2, 0.25) is 5.91 Å². The fraction of sp³-hybridized carbons (Fsp3) is 0.700. The number of nitrogens with two attached hydrogens (primary N) is 1. The second kappa shape index (κ2) is 7.18. The van der Waals surface area contributed by atoms with Crippen LogP contribution in [-0.4, -0.2) is 46.6 Å². The van der Waals surface area contributed by atoms with E-state index in [9.17, 15) is 9.59 Å². The molecular weight excluding hydrogens is 242 g/mol. The average Bonchev–Trinajstić information content (AvgIpc) is 2.54. The lowest BCUT2D eigenvalue weighted by Gasteiger charge is -2.11. The molecule has 7 heteroatoms. The zero-order valence-electron chi connectivity index (χ0n) is 10.3. The van der Waals surface area contributed by atoms with E-state index in [2.05, 4.69) is 5.32 Å². The lowest BCUT2D eigenvalue weighted by molar-refractivity contribution is -0.139. The Morgan fingerprint density at radius 2 is 2.24 bits per heavy atom. The maximum absolute atomic E-state index is 10.4. The molecule has 1 rings (SSSR count). The molecule has 1 heterocycles. The maximum atomic E-state index is 10.4. The molecular formula is C10H19N3O3S. The standard InChI is InChI=1S/C6H13NO2.C4H6N2OS/c1-3-4(2)5(7)6(8)9;1-6-2-3(7)5-4(6)8/h4-5H,3,7H2,1-2H3,(H,8,9);2H2,1H3,(H,5,7,8). The van der Waals surface area contributed by atoms with Crippen LogP contribution in [0.5, 0.6) is 0 Å². The number of carbonyl (C=O) groups excluding carboxylic acids is 1. The number of amides is 1. The first-order valence-electron chi connectivity index (χ1n) is 5.32. The van der Waals surface area contributed by atoms with Gasteiger partial charge in [-0.1, -0.05) is 20.3 Å². The van der Waals surface area contributed by atoms with Crippen molar-refractivity contribution in [2.45, 2.75) is 26.3 Å². The highest BCUT2D eigenvalue weighted by molar-refractivity contribution is 7.80. The number of aliphatic carboxylic acids is 1. The minimum absolute atomic E-state index is 0.0162. The quantitative estimate of drug-likeness (QED) is 0.608. The summed E-state index contributed by atoms with van der Waals surface area (Å²) in [7, 11) is 1.78. The van der Waals surface area contributed by atoms with Gasteiger partial charge in [-0.05, 0) is 18.1 Å². The second-order valence-corrected chi connectivity index (χ2v) is 4.35. The van der Waals surface area contributed by atoms with E-state index in [4.69, 9.17) is 23.1 Å². The van der Waals surface area contributed by atoms with Crippen molar-refractivity contribution in [1.82, 2.24) is 10.2 Å². The number of hydrogen-bond acceptors (Lipinski definition) is 4. The lowest BCUT2D eigenvalue weighted by Crippen LogP contribution is -2.36.